The average Bonchev–Trinajstić information content (AvgIpc) is 2.69. The van der Waals surface area contributed by atoms with Gasteiger partial charge in [-0.1, -0.05) is 0 Å². The Morgan fingerprint density at radius 1 is 0.926 bits per heavy atom. The van der Waals surface area contributed by atoms with E-state index >= 15 is 0 Å². The van der Waals surface area contributed by atoms with E-state index in [0.717, 1.165) is 5.56 Å². The first kappa shape index (κ1) is 18.5. The number of aromatic nitrogens is 2. The molecular weight excluding hydrogens is 364 g/mol. The van der Waals surface area contributed by atoms with E-state index in [-0.39, 0.29) is 10.8 Å². The maximum atomic E-state index is 12.5. The summed E-state index contributed by atoms with van der Waals surface area (Å²) in [5.41, 5.74) is 1.79. The molecule has 2 aromatic heterocycles. The molecule has 2 heterocycles. The van der Waals surface area contributed by atoms with Gasteiger partial charge in [0.15, 0.2) is 0 Å². The monoisotopic (exact) mass is 382 g/mol. The number of carbonyl (C=O) groups is 1. The minimum atomic E-state index is -3.73. The van der Waals surface area contributed by atoms with E-state index in [1.807, 2.05) is 12.1 Å². The molecule has 0 saturated heterocycles. The molecule has 0 aliphatic heterocycles. The molecule has 0 saturated carbocycles. The summed E-state index contributed by atoms with van der Waals surface area (Å²) in [7, 11) is -2.04. The molecule has 0 aliphatic rings. The molecule has 3 aromatic rings. The predicted octanol–water partition coefficient (Wildman–Crippen LogP) is 2.55. The smallest absolute Gasteiger partial charge is 0.261 e. The van der Waals surface area contributed by atoms with E-state index < -0.39 is 10.0 Å². The lowest BCUT2D eigenvalue weighted by Crippen LogP contribution is -2.26. The maximum absolute atomic E-state index is 12.5. The first-order chi connectivity index (χ1) is 13.0. The summed E-state index contributed by atoms with van der Waals surface area (Å²) < 4.78 is 27.3. The fourth-order valence-corrected chi connectivity index (χ4v) is 3.52. The summed E-state index contributed by atoms with van der Waals surface area (Å²) in [5.74, 6) is -0.196. The lowest BCUT2D eigenvalue weighted by Gasteiger charge is -2.17. The van der Waals surface area contributed by atoms with E-state index in [4.69, 9.17) is 0 Å². The van der Waals surface area contributed by atoms with Gasteiger partial charge in [-0.25, -0.2) is 8.42 Å². The van der Waals surface area contributed by atoms with E-state index in [9.17, 15) is 13.2 Å². The molecule has 138 valence electrons. The van der Waals surface area contributed by atoms with Gasteiger partial charge in [0.25, 0.3) is 15.9 Å². The fraction of sp³-hybridized carbons (Fsp3) is 0.105. The molecule has 1 aromatic carbocycles. The Bertz CT molecular complexity index is 1010. The SMILES string of the molecule is CN(Cc1ccncc1)C(=O)c1ccc(S(=O)(=O)Nc2ccncc2)cc1. The van der Waals surface area contributed by atoms with Crippen molar-refractivity contribution in [3.8, 4) is 0 Å². The van der Waals surface area contributed by atoms with Gasteiger partial charge >= 0.3 is 0 Å². The van der Waals surface area contributed by atoms with Gasteiger partial charge in [-0.3, -0.25) is 19.5 Å². The number of hydrogen-bond acceptors (Lipinski definition) is 5. The van der Waals surface area contributed by atoms with Crippen LogP contribution in [-0.2, 0) is 16.6 Å². The molecule has 0 spiro atoms. The number of nitrogens with zero attached hydrogens (tertiary/aromatic N) is 3. The highest BCUT2D eigenvalue weighted by Gasteiger charge is 2.17. The van der Waals surface area contributed by atoms with E-state index in [0.29, 0.717) is 17.8 Å². The van der Waals surface area contributed by atoms with Crippen molar-refractivity contribution in [2.45, 2.75) is 11.4 Å². The topological polar surface area (TPSA) is 92.3 Å². The molecule has 0 radical (unpaired) electrons. The van der Waals surface area contributed by atoms with Crippen molar-refractivity contribution >= 4 is 21.6 Å². The molecule has 27 heavy (non-hydrogen) atoms. The zero-order valence-corrected chi connectivity index (χ0v) is 15.4. The minimum absolute atomic E-state index is 0.0765. The van der Waals surface area contributed by atoms with Gasteiger partial charge in [-0.15, -0.1) is 0 Å². The molecule has 3 rings (SSSR count). The Balaban J connectivity index is 1.71. The Labute approximate surface area is 157 Å². The van der Waals surface area contributed by atoms with Crippen LogP contribution < -0.4 is 4.72 Å². The van der Waals surface area contributed by atoms with Crippen molar-refractivity contribution in [2.75, 3.05) is 11.8 Å². The van der Waals surface area contributed by atoms with Crippen LogP contribution in [0.4, 0.5) is 5.69 Å². The van der Waals surface area contributed by atoms with Crippen LogP contribution in [0.15, 0.2) is 78.2 Å². The number of benzene rings is 1. The van der Waals surface area contributed by atoms with Gasteiger partial charge in [0, 0.05) is 43.9 Å². The molecular formula is C19H18N4O3S. The van der Waals surface area contributed by atoms with Crippen LogP contribution in [0.1, 0.15) is 15.9 Å². The highest BCUT2D eigenvalue weighted by molar-refractivity contribution is 7.92. The largest absolute Gasteiger partial charge is 0.337 e. The van der Waals surface area contributed by atoms with Crippen LogP contribution >= 0.6 is 0 Å². The van der Waals surface area contributed by atoms with Crippen LogP contribution in [0, 0.1) is 0 Å². The summed E-state index contributed by atoms with van der Waals surface area (Å²) in [5, 5.41) is 0. The van der Waals surface area contributed by atoms with Crippen molar-refractivity contribution in [3.05, 3.63) is 84.4 Å². The molecule has 0 fully saturated rings. The van der Waals surface area contributed by atoms with E-state index in [1.165, 1.54) is 36.7 Å². The second-order valence-electron chi connectivity index (χ2n) is 5.88. The summed E-state index contributed by atoms with van der Waals surface area (Å²) in [4.78, 5) is 22.0. The van der Waals surface area contributed by atoms with E-state index in [1.54, 1.807) is 36.5 Å². The Hall–Kier alpha value is -3.26. The van der Waals surface area contributed by atoms with Gasteiger partial charge in [-0.2, -0.15) is 0 Å². The van der Waals surface area contributed by atoms with Crippen molar-refractivity contribution in [3.63, 3.8) is 0 Å². The molecule has 0 aliphatic carbocycles. The molecule has 7 nitrogen and oxygen atoms in total. The van der Waals surface area contributed by atoms with Gasteiger partial charge in [0.2, 0.25) is 0 Å². The maximum Gasteiger partial charge on any atom is 0.261 e. The summed E-state index contributed by atoms with van der Waals surface area (Å²) in [6.07, 6.45) is 6.34. The van der Waals surface area contributed by atoms with Crippen LogP contribution in [0.5, 0.6) is 0 Å². The zero-order chi connectivity index (χ0) is 19.3. The molecule has 0 unspecified atom stereocenters. The standard InChI is InChI=1S/C19H18N4O3S/c1-23(14-15-6-10-20-11-7-15)19(24)16-2-4-18(5-3-16)27(25,26)22-17-8-12-21-13-9-17/h2-13H,14H2,1H3,(H,21,22). The highest BCUT2D eigenvalue weighted by atomic mass is 32.2. The van der Waals surface area contributed by atoms with Gasteiger partial charge in [0.1, 0.15) is 0 Å². The number of sulfonamides is 1. The predicted molar refractivity (Wildman–Crippen MR) is 102 cm³/mol. The highest BCUT2D eigenvalue weighted by Crippen LogP contribution is 2.17. The molecule has 0 bridgehead atoms. The molecule has 1 amide bonds. The first-order valence-corrected chi connectivity index (χ1v) is 9.61. The van der Waals surface area contributed by atoms with Crippen molar-refractivity contribution in [2.24, 2.45) is 0 Å². The number of anilines is 1. The fourth-order valence-electron chi connectivity index (χ4n) is 2.46. The quantitative estimate of drug-likeness (QED) is 0.707. The third-order valence-electron chi connectivity index (χ3n) is 3.86. The van der Waals surface area contributed by atoms with E-state index in [2.05, 4.69) is 14.7 Å². The number of pyridine rings is 2. The van der Waals surface area contributed by atoms with Crippen molar-refractivity contribution < 1.29 is 13.2 Å². The normalized spacial score (nSPS) is 11.0. The Morgan fingerprint density at radius 2 is 1.48 bits per heavy atom. The number of carbonyl (C=O) groups excluding carboxylic acids is 1. The Morgan fingerprint density at radius 3 is 2.07 bits per heavy atom. The van der Waals surface area contributed by atoms with Crippen LogP contribution in [0.2, 0.25) is 0 Å². The number of hydrogen-bond donors (Lipinski definition) is 1. The lowest BCUT2D eigenvalue weighted by atomic mass is 10.2. The lowest BCUT2D eigenvalue weighted by molar-refractivity contribution is 0.0785. The van der Waals surface area contributed by atoms with Gasteiger partial charge in [0.05, 0.1) is 10.6 Å². The Kier molecular flexibility index (Phi) is 5.46. The number of amides is 1. The molecule has 0 atom stereocenters. The summed E-state index contributed by atoms with van der Waals surface area (Å²) >= 11 is 0. The van der Waals surface area contributed by atoms with Crippen LogP contribution in [-0.4, -0.2) is 36.2 Å². The third-order valence-corrected chi connectivity index (χ3v) is 5.26. The third kappa shape index (κ3) is 4.68. The zero-order valence-electron chi connectivity index (χ0n) is 14.6. The van der Waals surface area contributed by atoms with Crippen molar-refractivity contribution in [1.82, 2.24) is 14.9 Å². The van der Waals surface area contributed by atoms with Gasteiger partial charge in [-0.05, 0) is 54.1 Å². The van der Waals surface area contributed by atoms with Crippen LogP contribution in [0.3, 0.4) is 0 Å². The van der Waals surface area contributed by atoms with Gasteiger partial charge < -0.3 is 4.90 Å². The second kappa shape index (κ2) is 7.96. The average molecular weight is 382 g/mol. The van der Waals surface area contributed by atoms with Crippen molar-refractivity contribution in [1.29, 1.82) is 0 Å². The molecule has 1 N–H and O–H groups in total. The minimum Gasteiger partial charge on any atom is -0.337 e. The number of rotatable bonds is 6. The second-order valence-corrected chi connectivity index (χ2v) is 7.56. The summed E-state index contributed by atoms with van der Waals surface area (Å²) in [6.45, 7) is 0.436. The summed E-state index contributed by atoms with van der Waals surface area (Å²) in [6, 6.07) is 12.6. The number of nitrogens with one attached hydrogen (secondary N) is 1. The first-order valence-electron chi connectivity index (χ1n) is 8.13. The van der Waals surface area contributed by atoms with Crippen LogP contribution in [0.25, 0.3) is 0 Å². The molecule has 8 heteroatoms.